The van der Waals surface area contributed by atoms with Gasteiger partial charge < -0.3 is 15.6 Å². The summed E-state index contributed by atoms with van der Waals surface area (Å²) in [4.78, 5) is 11.7. The molecule has 0 spiro atoms. The maximum absolute atomic E-state index is 11.7. The zero-order valence-electron chi connectivity index (χ0n) is 10.9. The van der Waals surface area contributed by atoms with Crippen molar-refractivity contribution in [3.05, 3.63) is 24.0 Å². The number of hydrogen-bond donors (Lipinski definition) is 2. The molecular weight excluding hydrogens is 214 g/mol. The zero-order valence-corrected chi connectivity index (χ0v) is 10.9. The molecule has 0 bridgehead atoms. The molecule has 0 fully saturated rings. The van der Waals surface area contributed by atoms with E-state index in [2.05, 4.69) is 19.2 Å². The molecule has 1 heterocycles. The van der Waals surface area contributed by atoms with Gasteiger partial charge in [-0.1, -0.05) is 13.8 Å². The molecule has 4 heteroatoms. The Labute approximate surface area is 103 Å². The Morgan fingerprint density at radius 3 is 2.76 bits per heavy atom. The van der Waals surface area contributed by atoms with Gasteiger partial charge in [0.15, 0.2) is 0 Å². The molecule has 0 aromatic carbocycles. The highest BCUT2D eigenvalue weighted by atomic mass is 16.2. The lowest BCUT2D eigenvalue weighted by atomic mass is 10.1. The van der Waals surface area contributed by atoms with Crippen molar-refractivity contribution in [2.45, 2.75) is 52.2 Å². The van der Waals surface area contributed by atoms with Gasteiger partial charge in [-0.15, -0.1) is 0 Å². The van der Waals surface area contributed by atoms with Crippen molar-refractivity contribution in [2.24, 2.45) is 5.73 Å². The highest BCUT2D eigenvalue weighted by molar-refractivity contribution is 5.76. The summed E-state index contributed by atoms with van der Waals surface area (Å²) in [5.74, 6) is 0.0477. The molecule has 0 saturated heterocycles. The molecule has 2 unspecified atom stereocenters. The van der Waals surface area contributed by atoms with E-state index in [0.717, 1.165) is 18.4 Å². The highest BCUT2D eigenvalue weighted by Crippen LogP contribution is 2.13. The topological polar surface area (TPSA) is 60.0 Å². The quantitative estimate of drug-likeness (QED) is 0.792. The summed E-state index contributed by atoms with van der Waals surface area (Å²) in [5, 5.41) is 2.94. The van der Waals surface area contributed by atoms with Gasteiger partial charge in [0.2, 0.25) is 5.91 Å². The molecule has 0 aliphatic heterocycles. The molecule has 1 aromatic rings. The highest BCUT2D eigenvalue weighted by Gasteiger charge is 2.08. The average molecular weight is 237 g/mol. The Morgan fingerprint density at radius 2 is 2.18 bits per heavy atom. The fourth-order valence-electron chi connectivity index (χ4n) is 1.60. The van der Waals surface area contributed by atoms with Crippen LogP contribution in [-0.2, 0) is 11.3 Å². The maximum Gasteiger partial charge on any atom is 0.240 e. The first-order chi connectivity index (χ1) is 8.06. The normalized spacial score (nSPS) is 14.4. The molecule has 0 aliphatic carbocycles. The number of carbonyl (C=O) groups is 1. The van der Waals surface area contributed by atoms with Crippen LogP contribution in [0.15, 0.2) is 18.5 Å². The Bertz CT molecular complexity index is 359. The first-order valence-corrected chi connectivity index (χ1v) is 6.27. The van der Waals surface area contributed by atoms with Crippen LogP contribution in [0.1, 0.15) is 45.2 Å². The Hall–Kier alpha value is -1.29. The molecule has 96 valence electrons. The van der Waals surface area contributed by atoms with E-state index in [9.17, 15) is 4.79 Å². The van der Waals surface area contributed by atoms with Gasteiger partial charge in [0.1, 0.15) is 6.54 Å². The predicted molar refractivity (Wildman–Crippen MR) is 69.5 cm³/mol. The molecule has 4 nitrogen and oxygen atoms in total. The summed E-state index contributed by atoms with van der Waals surface area (Å²) in [5.41, 5.74) is 7.01. The minimum absolute atomic E-state index is 0.0477. The van der Waals surface area contributed by atoms with Crippen LogP contribution in [0.4, 0.5) is 0 Å². The second-order valence-corrected chi connectivity index (χ2v) is 4.51. The van der Waals surface area contributed by atoms with E-state index in [1.54, 1.807) is 0 Å². The van der Waals surface area contributed by atoms with Crippen molar-refractivity contribution in [1.82, 2.24) is 9.88 Å². The van der Waals surface area contributed by atoms with Crippen molar-refractivity contribution < 1.29 is 4.79 Å². The molecule has 17 heavy (non-hydrogen) atoms. The van der Waals surface area contributed by atoms with Gasteiger partial charge in [0.25, 0.3) is 0 Å². The molecule has 1 aromatic heterocycles. The van der Waals surface area contributed by atoms with E-state index in [1.807, 2.05) is 30.0 Å². The molecule has 1 amide bonds. The van der Waals surface area contributed by atoms with Crippen LogP contribution >= 0.6 is 0 Å². The number of hydrogen-bond acceptors (Lipinski definition) is 2. The first kappa shape index (κ1) is 13.8. The lowest BCUT2D eigenvalue weighted by Crippen LogP contribution is -2.34. The van der Waals surface area contributed by atoms with E-state index in [1.165, 1.54) is 0 Å². The number of amides is 1. The molecular formula is C13H23N3O. The molecule has 1 rings (SSSR count). The van der Waals surface area contributed by atoms with Crippen LogP contribution in [0.25, 0.3) is 0 Å². The van der Waals surface area contributed by atoms with Crippen molar-refractivity contribution in [3.8, 4) is 0 Å². The second kappa shape index (κ2) is 6.45. The third-order valence-electron chi connectivity index (χ3n) is 2.99. The lowest BCUT2D eigenvalue weighted by Gasteiger charge is -2.11. The number of nitrogens with two attached hydrogens (primary N) is 1. The molecule has 2 atom stereocenters. The standard InChI is InChI=1S/C13H23N3O/c1-4-10(3)15-13(17)9-16-7-6-11(8-16)12(14)5-2/h6-8,10,12H,4-5,9,14H2,1-3H3,(H,15,17). The van der Waals surface area contributed by atoms with Crippen LogP contribution in [0.2, 0.25) is 0 Å². The maximum atomic E-state index is 11.7. The summed E-state index contributed by atoms with van der Waals surface area (Å²) >= 11 is 0. The summed E-state index contributed by atoms with van der Waals surface area (Å²) in [7, 11) is 0. The van der Waals surface area contributed by atoms with Crippen molar-refractivity contribution in [1.29, 1.82) is 0 Å². The largest absolute Gasteiger partial charge is 0.352 e. The fourth-order valence-corrected chi connectivity index (χ4v) is 1.60. The Balaban J connectivity index is 2.51. The number of carbonyl (C=O) groups excluding carboxylic acids is 1. The monoisotopic (exact) mass is 237 g/mol. The van der Waals surface area contributed by atoms with Crippen molar-refractivity contribution in [3.63, 3.8) is 0 Å². The third kappa shape index (κ3) is 4.23. The van der Waals surface area contributed by atoms with E-state index < -0.39 is 0 Å². The summed E-state index contributed by atoms with van der Waals surface area (Å²) in [6.45, 7) is 6.48. The Morgan fingerprint density at radius 1 is 1.47 bits per heavy atom. The van der Waals surface area contributed by atoms with Crippen LogP contribution < -0.4 is 11.1 Å². The molecule has 3 N–H and O–H groups in total. The molecule has 0 radical (unpaired) electrons. The minimum atomic E-state index is 0.0477. The van der Waals surface area contributed by atoms with E-state index in [0.29, 0.717) is 6.54 Å². The van der Waals surface area contributed by atoms with Gasteiger partial charge in [0.05, 0.1) is 0 Å². The smallest absolute Gasteiger partial charge is 0.240 e. The fraction of sp³-hybridized carbons (Fsp3) is 0.615. The number of rotatable bonds is 6. The number of nitrogens with one attached hydrogen (secondary N) is 1. The van der Waals surface area contributed by atoms with Gasteiger partial charge in [-0.2, -0.15) is 0 Å². The SMILES string of the molecule is CCC(C)NC(=O)Cn1ccc(C(N)CC)c1. The second-order valence-electron chi connectivity index (χ2n) is 4.51. The first-order valence-electron chi connectivity index (χ1n) is 6.27. The van der Waals surface area contributed by atoms with Crippen molar-refractivity contribution >= 4 is 5.91 Å². The summed E-state index contributed by atoms with van der Waals surface area (Å²) < 4.78 is 1.88. The van der Waals surface area contributed by atoms with Gasteiger partial charge in [-0.25, -0.2) is 0 Å². The number of nitrogens with zero attached hydrogens (tertiary/aromatic N) is 1. The van der Waals surface area contributed by atoms with Gasteiger partial charge in [-0.05, 0) is 31.4 Å². The van der Waals surface area contributed by atoms with E-state index in [-0.39, 0.29) is 18.0 Å². The van der Waals surface area contributed by atoms with Crippen LogP contribution in [0.3, 0.4) is 0 Å². The number of aromatic nitrogens is 1. The van der Waals surface area contributed by atoms with Gasteiger partial charge in [0, 0.05) is 24.5 Å². The average Bonchev–Trinajstić information content (AvgIpc) is 2.76. The minimum Gasteiger partial charge on any atom is -0.352 e. The molecule has 0 saturated carbocycles. The summed E-state index contributed by atoms with van der Waals surface area (Å²) in [6.07, 6.45) is 5.71. The van der Waals surface area contributed by atoms with Gasteiger partial charge >= 0.3 is 0 Å². The zero-order chi connectivity index (χ0) is 12.8. The van der Waals surface area contributed by atoms with Crippen molar-refractivity contribution in [2.75, 3.05) is 0 Å². The van der Waals surface area contributed by atoms with Gasteiger partial charge in [-0.3, -0.25) is 4.79 Å². The Kier molecular flexibility index (Phi) is 5.22. The molecule has 0 aliphatic rings. The summed E-state index contributed by atoms with van der Waals surface area (Å²) in [6, 6.07) is 2.27. The van der Waals surface area contributed by atoms with Crippen LogP contribution in [-0.4, -0.2) is 16.5 Å². The van der Waals surface area contributed by atoms with Crippen LogP contribution in [0.5, 0.6) is 0 Å². The van der Waals surface area contributed by atoms with E-state index >= 15 is 0 Å². The lowest BCUT2D eigenvalue weighted by molar-refractivity contribution is -0.122. The predicted octanol–water partition coefficient (Wildman–Crippen LogP) is 1.81. The third-order valence-corrected chi connectivity index (χ3v) is 2.99. The van der Waals surface area contributed by atoms with Crippen LogP contribution in [0, 0.1) is 0 Å². The van der Waals surface area contributed by atoms with E-state index in [4.69, 9.17) is 5.73 Å².